The summed E-state index contributed by atoms with van der Waals surface area (Å²) in [6, 6.07) is 0. The third-order valence-electron chi connectivity index (χ3n) is 9.70. The van der Waals surface area contributed by atoms with E-state index in [2.05, 4.69) is 25.9 Å². The van der Waals surface area contributed by atoms with Crippen LogP contribution in [0.5, 0.6) is 0 Å². The van der Waals surface area contributed by atoms with Crippen molar-refractivity contribution < 1.29 is 17.8 Å². The lowest BCUT2D eigenvalue weighted by Crippen LogP contribution is -2.56. The van der Waals surface area contributed by atoms with Gasteiger partial charge in [-0.15, -0.1) is 0 Å². The number of hydrogen-bond acceptors (Lipinski definition) is 5. The molecule has 0 aromatic heterocycles. The second-order valence-corrected chi connectivity index (χ2v) is 12.5. The Hall–Kier alpha value is -0.620. The standard InChI is InChI=1S/C22H37NO4S/c1-5-28(25,26)27-23-16-8-11-20(2)15(14-16)6-7-17-18(20)9-12-21(3)19(17)10-13-22(21,4)24/h15,17-19,24H,5-14H2,1-4H3/b23-16+/t15-,17+,18-,19-,20-,21-,22-/m0/s1. The van der Waals surface area contributed by atoms with Gasteiger partial charge in [0, 0.05) is 0 Å². The van der Waals surface area contributed by atoms with Gasteiger partial charge in [-0.3, -0.25) is 4.28 Å². The van der Waals surface area contributed by atoms with Gasteiger partial charge in [-0.2, -0.15) is 8.42 Å². The zero-order valence-electron chi connectivity index (χ0n) is 17.9. The second kappa shape index (κ2) is 6.69. The van der Waals surface area contributed by atoms with Gasteiger partial charge in [0.2, 0.25) is 0 Å². The number of fused-ring (bicyclic) bond motifs is 5. The van der Waals surface area contributed by atoms with E-state index in [1.165, 1.54) is 25.7 Å². The predicted octanol–water partition coefficient (Wildman–Crippen LogP) is 4.50. The van der Waals surface area contributed by atoms with Crippen LogP contribution >= 0.6 is 0 Å². The zero-order valence-corrected chi connectivity index (χ0v) is 18.7. The highest BCUT2D eigenvalue weighted by molar-refractivity contribution is 7.86. The average molecular weight is 412 g/mol. The lowest BCUT2D eigenvalue weighted by atomic mass is 9.44. The van der Waals surface area contributed by atoms with Gasteiger partial charge in [0.05, 0.1) is 17.1 Å². The Kier molecular flexibility index (Phi) is 4.94. The molecule has 0 saturated heterocycles. The van der Waals surface area contributed by atoms with E-state index >= 15 is 0 Å². The Morgan fingerprint density at radius 1 is 1.07 bits per heavy atom. The van der Waals surface area contributed by atoms with E-state index in [1.807, 2.05) is 0 Å². The fourth-order valence-corrected chi connectivity index (χ4v) is 7.87. The van der Waals surface area contributed by atoms with E-state index < -0.39 is 15.7 Å². The SMILES string of the molecule is CCS(=O)(=O)O/N=C1\CC[C@@]2(C)[C@@H](CC[C@@H]3[C@@H]2CC[C@@]2(C)[C@H]3CC[C@]2(C)O)C1. The van der Waals surface area contributed by atoms with Crippen LogP contribution in [-0.4, -0.2) is 30.6 Å². The maximum atomic E-state index is 11.6. The monoisotopic (exact) mass is 411 g/mol. The molecular formula is C22H37NO4S. The molecule has 4 rings (SSSR count). The molecule has 1 N–H and O–H groups in total. The van der Waals surface area contributed by atoms with Crippen molar-refractivity contribution in [3.63, 3.8) is 0 Å². The molecule has 0 aliphatic heterocycles. The number of hydrogen-bond donors (Lipinski definition) is 1. The molecule has 0 spiro atoms. The minimum atomic E-state index is -3.52. The summed E-state index contributed by atoms with van der Waals surface area (Å²) < 4.78 is 28.1. The second-order valence-electron chi connectivity index (χ2n) is 10.7. The van der Waals surface area contributed by atoms with Gasteiger partial charge in [-0.05, 0) is 106 Å². The van der Waals surface area contributed by atoms with Crippen LogP contribution in [0.3, 0.4) is 0 Å². The molecular weight excluding hydrogens is 374 g/mol. The van der Waals surface area contributed by atoms with E-state index in [9.17, 15) is 13.5 Å². The van der Waals surface area contributed by atoms with Crippen LogP contribution in [0.25, 0.3) is 0 Å². The summed E-state index contributed by atoms with van der Waals surface area (Å²) in [4.78, 5) is 0. The fourth-order valence-electron chi connectivity index (χ4n) is 7.55. The quantitative estimate of drug-likeness (QED) is 0.694. The molecule has 0 heterocycles. The van der Waals surface area contributed by atoms with Crippen LogP contribution in [0.1, 0.15) is 85.5 Å². The summed E-state index contributed by atoms with van der Waals surface area (Å²) in [7, 11) is -3.52. The summed E-state index contributed by atoms with van der Waals surface area (Å²) in [5.74, 6) is 2.62. The minimum absolute atomic E-state index is 0.0430. The molecule has 0 bridgehead atoms. The highest BCUT2D eigenvalue weighted by atomic mass is 32.2. The van der Waals surface area contributed by atoms with Gasteiger partial charge in [-0.1, -0.05) is 19.0 Å². The van der Waals surface area contributed by atoms with Crippen molar-refractivity contribution in [1.82, 2.24) is 0 Å². The van der Waals surface area contributed by atoms with Gasteiger partial charge in [0.15, 0.2) is 0 Å². The number of oxime groups is 1. The van der Waals surface area contributed by atoms with Crippen molar-refractivity contribution in [2.45, 2.75) is 91.1 Å². The van der Waals surface area contributed by atoms with E-state index in [-0.39, 0.29) is 11.2 Å². The number of aliphatic hydroxyl groups is 1. The Morgan fingerprint density at radius 3 is 2.50 bits per heavy atom. The lowest BCUT2D eigenvalue weighted by molar-refractivity contribution is -0.140. The predicted molar refractivity (Wildman–Crippen MR) is 110 cm³/mol. The molecule has 7 atom stereocenters. The molecule has 4 saturated carbocycles. The fraction of sp³-hybridized carbons (Fsp3) is 0.955. The summed E-state index contributed by atoms with van der Waals surface area (Å²) in [5.41, 5.74) is 0.777. The van der Waals surface area contributed by atoms with Crippen LogP contribution in [0.4, 0.5) is 0 Å². The van der Waals surface area contributed by atoms with Gasteiger partial charge < -0.3 is 5.11 Å². The Labute approximate surface area is 170 Å². The van der Waals surface area contributed by atoms with Crippen molar-refractivity contribution in [1.29, 1.82) is 0 Å². The molecule has 0 amide bonds. The van der Waals surface area contributed by atoms with Crippen molar-refractivity contribution in [3.05, 3.63) is 0 Å². The highest BCUT2D eigenvalue weighted by Gasteiger charge is 2.63. The van der Waals surface area contributed by atoms with Gasteiger partial charge in [-0.25, -0.2) is 0 Å². The molecule has 5 nitrogen and oxygen atoms in total. The van der Waals surface area contributed by atoms with E-state index in [0.29, 0.717) is 17.3 Å². The number of rotatable bonds is 3. The van der Waals surface area contributed by atoms with Crippen molar-refractivity contribution in [2.75, 3.05) is 5.75 Å². The van der Waals surface area contributed by atoms with Crippen molar-refractivity contribution >= 4 is 15.8 Å². The van der Waals surface area contributed by atoms with Crippen LogP contribution < -0.4 is 0 Å². The maximum absolute atomic E-state index is 11.6. The zero-order chi connectivity index (χ0) is 20.4. The molecule has 0 aromatic carbocycles. The normalized spacial score (nSPS) is 50.0. The van der Waals surface area contributed by atoms with Crippen molar-refractivity contribution in [3.8, 4) is 0 Å². The molecule has 0 radical (unpaired) electrons. The first-order valence-electron chi connectivity index (χ1n) is 11.2. The minimum Gasteiger partial charge on any atom is -0.390 e. The van der Waals surface area contributed by atoms with E-state index in [0.717, 1.165) is 49.7 Å². The van der Waals surface area contributed by atoms with Crippen LogP contribution in [-0.2, 0) is 14.4 Å². The Bertz CT molecular complexity index is 760. The van der Waals surface area contributed by atoms with Gasteiger partial charge in [0.1, 0.15) is 0 Å². The smallest absolute Gasteiger partial charge is 0.328 e. The molecule has 4 fully saturated rings. The first-order chi connectivity index (χ1) is 13.0. The highest BCUT2D eigenvalue weighted by Crippen LogP contribution is 2.67. The molecule has 160 valence electrons. The topological polar surface area (TPSA) is 76.0 Å². The van der Waals surface area contributed by atoms with Gasteiger partial charge in [0.25, 0.3) is 0 Å². The molecule has 4 aliphatic carbocycles. The summed E-state index contributed by atoms with van der Waals surface area (Å²) >= 11 is 0. The summed E-state index contributed by atoms with van der Waals surface area (Å²) in [6.07, 6.45) is 9.68. The first-order valence-corrected chi connectivity index (χ1v) is 12.8. The molecule has 0 unspecified atom stereocenters. The lowest BCUT2D eigenvalue weighted by Gasteiger charge is -2.61. The van der Waals surface area contributed by atoms with Crippen LogP contribution in [0.2, 0.25) is 0 Å². The third kappa shape index (κ3) is 3.05. The Balaban J connectivity index is 1.51. The number of nitrogens with zero attached hydrogens (tertiary/aromatic N) is 1. The summed E-state index contributed by atoms with van der Waals surface area (Å²) in [5, 5.41) is 15.1. The molecule has 4 aliphatic rings. The molecule has 6 heteroatoms. The van der Waals surface area contributed by atoms with Crippen molar-refractivity contribution in [2.24, 2.45) is 39.7 Å². The van der Waals surface area contributed by atoms with Crippen LogP contribution in [0, 0.1) is 34.5 Å². The van der Waals surface area contributed by atoms with Gasteiger partial charge >= 0.3 is 10.1 Å². The molecule has 0 aromatic rings. The average Bonchev–Trinajstić information content (AvgIpc) is 2.89. The van der Waals surface area contributed by atoms with Crippen LogP contribution in [0.15, 0.2) is 5.16 Å². The Morgan fingerprint density at radius 2 is 1.79 bits per heavy atom. The third-order valence-corrected chi connectivity index (χ3v) is 10.7. The van der Waals surface area contributed by atoms with E-state index in [1.54, 1.807) is 6.92 Å². The first kappa shape index (κ1) is 20.6. The van der Waals surface area contributed by atoms with E-state index in [4.69, 9.17) is 4.28 Å². The maximum Gasteiger partial charge on any atom is 0.328 e. The summed E-state index contributed by atoms with van der Waals surface area (Å²) in [6.45, 7) is 8.46. The molecule has 28 heavy (non-hydrogen) atoms. The largest absolute Gasteiger partial charge is 0.390 e.